The third-order valence-corrected chi connectivity index (χ3v) is 6.30. The summed E-state index contributed by atoms with van der Waals surface area (Å²) in [4.78, 5) is 29.7. The zero-order valence-corrected chi connectivity index (χ0v) is 17.2. The molecule has 1 amide bonds. The Morgan fingerprint density at radius 2 is 2.00 bits per heavy atom. The minimum Gasteiger partial charge on any atom is -0.467 e. The van der Waals surface area contributed by atoms with Gasteiger partial charge in [0.25, 0.3) is 16.8 Å². The zero-order chi connectivity index (χ0) is 20.5. The summed E-state index contributed by atoms with van der Waals surface area (Å²) in [5.74, 6) is -0.184. The van der Waals surface area contributed by atoms with Crippen molar-refractivity contribution in [3.8, 4) is 5.19 Å². The largest absolute Gasteiger partial charge is 0.467 e. The van der Waals surface area contributed by atoms with Gasteiger partial charge in [0, 0.05) is 43.1 Å². The Hall–Kier alpha value is -2.71. The molecule has 0 radical (unpaired) electrons. The maximum absolute atomic E-state index is 12.9. The molecule has 150 valence electrons. The number of aromatic nitrogens is 1. The van der Waals surface area contributed by atoms with Crippen LogP contribution in [0.2, 0.25) is 5.02 Å². The number of para-hydroxylation sites is 1. The number of hydrogen-bond donors (Lipinski definition) is 0. The number of piperidine rings is 1. The van der Waals surface area contributed by atoms with Gasteiger partial charge in [0.2, 0.25) is 0 Å². The highest BCUT2D eigenvalue weighted by Crippen LogP contribution is 2.33. The molecule has 2 heterocycles. The lowest BCUT2D eigenvalue weighted by Gasteiger charge is -2.31. The first-order chi connectivity index (χ1) is 13.9. The van der Waals surface area contributed by atoms with Crippen molar-refractivity contribution in [2.24, 2.45) is 0 Å². The van der Waals surface area contributed by atoms with Crippen molar-refractivity contribution in [2.75, 3.05) is 13.1 Å². The van der Waals surface area contributed by atoms with Crippen LogP contribution in [0.3, 0.4) is 0 Å². The molecular weight excluding hydrogens is 414 g/mol. The summed E-state index contributed by atoms with van der Waals surface area (Å²) in [5.41, 5.74) is 1.47. The molecule has 1 aromatic heterocycles. The maximum atomic E-state index is 12.9. The minimum absolute atomic E-state index is 0.0374. The van der Waals surface area contributed by atoms with E-state index < -0.39 is 4.92 Å². The first kappa shape index (κ1) is 19.6. The summed E-state index contributed by atoms with van der Waals surface area (Å²) >= 11 is 7.62. The normalized spacial score (nSPS) is 14.9. The van der Waals surface area contributed by atoms with E-state index in [2.05, 4.69) is 4.98 Å². The first-order valence-corrected chi connectivity index (χ1v) is 10.4. The summed E-state index contributed by atoms with van der Waals surface area (Å²) in [5, 5.41) is 12.3. The average Bonchev–Trinajstić information content (AvgIpc) is 3.12. The highest BCUT2D eigenvalue weighted by Gasteiger charge is 2.28. The van der Waals surface area contributed by atoms with Crippen molar-refractivity contribution >= 4 is 44.7 Å². The number of nitrogens with zero attached hydrogens (tertiary/aromatic N) is 3. The van der Waals surface area contributed by atoms with Gasteiger partial charge < -0.3 is 9.64 Å². The van der Waals surface area contributed by atoms with Crippen LogP contribution in [0.4, 0.5) is 5.69 Å². The Kier molecular flexibility index (Phi) is 5.38. The summed E-state index contributed by atoms with van der Waals surface area (Å²) in [6, 6.07) is 10.2. The Labute approximate surface area is 176 Å². The topological polar surface area (TPSA) is 85.6 Å². The van der Waals surface area contributed by atoms with Gasteiger partial charge in [-0.1, -0.05) is 35.1 Å². The van der Waals surface area contributed by atoms with Crippen LogP contribution >= 0.6 is 22.9 Å². The molecule has 7 nitrogen and oxygen atoms in total. The highest BCUT2D eigenvalue weighted by atomic mass is 35.5. The molecule has 29 heavy (non-hydrogen) atoms. The number of hydrogen-bond acceptors (Lipinski definition) is 6. The van der Waals surface area contributed by atoms with Gasteiger partial charge in [-0.3, -0.25) is 14.9 Å². The van der Waals surface area contributed by atoms with Crippen molar-refractivity contribution in [2.45, 2.75) is 25.9 Å². The third-order valence-electron chi connectivity index (χ3n) is 5.08. The molecule has 3 aromatic rings. The fraction of sp³-hybridized carbons (Fsp3) is 0.300. The second-order valence-corrected chi connectivity index (χ2v) is 8.28. The van der Waals surface area contributed by atoms with Gasteiger partial charge in [-0.2, -0.15) is 0 Å². The molecule has 1 saturated heterocycles. The fourth-order valence-corrected chi connectivity index (χ4v) is 4.67. The fourth-order valence-electron chi connectivity index (χ4n) is 3.49. The number of thiazole rings is 1. The first-order valence-electron chi connectivity index (χ1n) is 9.19. The Morgan fingerprint density at radius 1 is 1.28 bits per heavy atom. The average molecular weight is 432 g/mol. The van der Waals surface area contributed by atoms with E-state index in [-0.39, 0.29) is 17.7 Å². The number of benzene rings is 2. The molecule has 0 bridgehead atoms. The van der Waals surface area contributed by atoms with Crippen molar-refractivity contribution in [3.63, 3.8) is 0 Å². The van der Waals surface area contributed by atoms with Gasteiger partial charge in [-0.05, 0) is 25.1 Å². The summed E-state index contributed by atoms with van der Waals surface area (Å²) in [6.45, 7) is 2.66. The molecular formula is C20H18ClN3O4S. The number of rotatable bonds is 4. The maximum Gasteiger partial charge on any atom is 0.274 e. The molecule has 0 atom stereocenters. The van der Waals surface area contributed by atoms with Crippen molar-refractivity contribution < 1.29 is 14.5 Å². The van der Waals surface area contributed by atoms with Crippen LogP contribution in [0.25, 0.3) is 10.2 Å². The third kappa shape index (κ3) is 3.90. The number of fused-ring (bicyclic) bond motifs is 1. The Bertz CT molecular complexity index is 1090. The number of likely N-dealkylation sites (tertiary alicyclic amines) is 1. The second kappa shape index (κ2) is 7.96. The van der Waals surface area contributed by atoms with Crippen LogP contribution in [0.1, 0.15) is 28.8 Å². The van der Waals surface area contributed by atoms with E-state index in [1.165, 1.54) is 17.4 Å². The second-order valence-electron chi connectivity index (χ2n) is 6.88. The number of ether oxygens (including phenoxy) is 1. The number of carbonyl (C=O) groups is 1. The highest BCUT2D eigenvalue weighted by molar-refractivity contribution is 7.20. The molecule has 1 aliphatic rings. The van der Waals surface area contributed by atoms with Gasteiger partial charge >= 0.3 is 0 Å². The lowest BCUT2D eigenvalue weighted by molar-refractivity contribution is -0.385. The molecule has 0 aliphatic carbocycles. The van der Waals surface area contributed by atoms with E-state index in [4.69, 9.17) is 16.3 Å². The smallest absolute Gasteiger partial charge is 0.274 e. The summed E-state index contributed by atoms with van der Waals surface area (Å²) in [7, 11) is 0. The van der Waals surface area contributed by atoms with E-state index in [1.807, 2.05) is 12.1 Å². The Balaban J connectivity index is 1.41. The van der Waals surface area contributed by atoms with Crippen molar-refractivity contribution in [3.05, 3.63) is 62.7 Å². The van der Waals surface area contributed by atoms with Gasteiger partial charge in [0.15, 0.2) is 0 Å². The van der Waals surface area contributed by atoms with Crippen molar-refractivity contribution in [1.29, 1.82) is 0 Å². The zero-order valence-electron chi connectivity index (χ0n) is 15.6. The van der Waals surface area contributed by atoms with Crippen molar-refractivity contribution in [1.82, 2.24) is 9.88 Å². The lowest BCUT2D eigenvalue weighted by atomic mass is 10.0. The van der Waals surface area contributed by atoms with E-state index in [0.29, 0.717) is 47.3 Å². The summed E-state index contributed by atoms with van der Waals surface area (Å²) in [6.07, 6.45) is 1.30. The van der Waals surface area contributed by atoms with Crippen LogP contribution in [-0.2, 0) is 0 Å². The molecule has 9 heteroatoms. The van der Waals surface area contributed by atoms with E-state index in [9.17, 15) is 14.9 Å². The number of amides is 1. The minimum atomic E-state index is -0.462. The van der Waals surface area contributed by atoms with Gasteiger partial charge in [-0.15, -0.1) is 0 Å². The quantitative estimate of drug-likeness (QED) is 0.435. The lowest BCUT2D eigenvalue weighted by Crippen LogP contribution is -2.42. The number of nitro groups is 1. The molecule has 0 N–H and O–H groups in total. The monoisotopic (exact) mass is 431 g/mol. The van der Waals surface area contributed by atoms with Crippen LogP contribution in [0.5, 0.6) is 5.19 Å². The van der Waals surface area contributed by atoms with E-state index >= 15 is 0 Å². The van der Waals surface area contributed by atoms with Crippen LogP contribution in [-0.4, -0.2) is 39.9 Å². The van der Waals surface area contributed by atoms with Gasteiger partial charge in [0.05, 0.1) is 14.6 Å². The van der Waals surface area contributed by atoms with E-state index in [0.717, 1.165) is 10.2 Å². The number of carbonyl (C=O) groups excluding carboxylic acids is 1. The molecule has 4 rings (SSSR count). The molecule has 1 aliphatic heterocycles. The predicted octanol–water partition coefficient (Wildman–Crippen LogP) is 4.85. The molecule has 2 aromatic carbocycles. The molecule has 0 unspecified atom stereocenters. The molecule has 0 spiro atoms. The summed E-state index contributed by atoms with van der Waals surface area (Å²) < 4.78 is 7.00. The number of nitro benzene ring substituents is 1. The van der Waals surface area contributed by atoms with E-state index in [1.54, 1.807) is 30.0 Å². The van der Waals surface area contributed by atoms with Crippen LogP contribution in [0, 0.1) is 17.0 Å². The van der Waals surface area contributed by atoms with Crippen LogP contribution in [0.15, 0.2) is 36.4 Å². The molecule has 0 saturated carbocycles. The SMILES string of the molecule is Cc1c(C(=O)N2CCC(Oc3nc4c(Cl)cccc4s3)CC2)cccc1[N+](=O)[O-]. The van der Waals surface area contributed by atoms with Gasteiger partial charge in [-0.25, -0.2) is 4.98 Å². The predicted molar refractivity (Wildman–Crippen MR) is 112 cm³/mol. The standard InChI is InChI=1S/C20H18ClN3O4S/c1-12-14(4-2-6-16(12)24(26)27)19(25)23-10-8-13(9-11-23)28-20-22-18-15(21)5-3-7-17(18)29-20/h2-7,13H,8-11H2,1H3. The Morgan fingerprint density at radius 3 is 2.69 bits per heavy atom. The van der Waals surface area contributed by atoms with Gasteiger partial charge in [0.1, 0.15) is 11.6 Å². The number of halogens is 1. The van der Waals surface area contributed by atoms with Crippen LogP contribution < -0.4 is 4.74 Å². The molecule has 1 fully saturated rings.